The van der Waals surface area contributed by atoms with Gasteiger partial charge in [0.1, 0.15) is 0 Å². The minimum Gasteiger partial charge on any atom is -0.454 e. The lowest BCUT2D eigenvalue weighted by molar-refractivity contribution is -0.115. The second-order valence-corrected chi connectivity index (χ2v) is 7.19. The van der Waals surface area contributed by atoms with Gasteiger partial charge in [0.2, 0.25) is 12.7 Å². The molecule has 2 aromatic carbocycles. The highest BCUT2D eigenvalue weighted by Gasteiger charge is 2.16. The van der Waals surface area contributed by atoms with Gasteiger partial charge in [-0.05, 0) is 42.3 Å². The van der Waals surface area contributed by atoms with Crippen LogP contribution in [0.25, 0.3) is 0 Å². The molecule has 7 heteroatoms. The Morgan fingerprint density at radius 3 is 2.96 bits per heavy atom. The Morgan fingerprint density at radius 2 is 2.04 bits per heavy atom. The van der Waals surface area contributed by atoms with Gasteiger partial charge < -0.3 is 20.1 Å². The first-order valence-corrected chi connectivity index (χ1v) is 9.41. The number of hydrogen-bond acceptors (Lipinski definition) is 5. The number of benzene rings is 2. The highest BCUT2D eigenvalue weighted by atomic mass is 32.2. The number of nitrogens with one attached hydrogen (secondary N) is 2. The molecular formula is C19H18N2O4S. The van der Waals surface area contributed by atoms with Crippen molar-refractivity contribution in [1.82, 2.24) is 5.32 Å². The maximum absolute atomic E-state index is 12.4. The summed E-state index contributed by atoms with van der Waals surface area (Å²) in [6, 6.07) is 11.2. The Hall–Kier alpha value is -2.67. The molecule has 0 atom stereocenters. The third-order valence-corrected chi connectivity index (χ3v) is 5.31. The molecule has 0 saturated carbocycles. The second-order valence-electron chi connectivity index (χ2n) is 6.05. The van der Waals surface area contributed by atoms with Crippen LogP contribution in [0.2, 0.25) is 0 Å². The van der Waals surface area contributed by atoms with Crippen LogP contribution in [-0.2, 0) is 11.2 Å². The van der Waals surface area contributed by atoms with E-state index in [9.17, 15) is 9.59 Å². The van der Waals surface area contributed by atoms with Crippen LogP contribution in [0.1, 0.15) is 22.3 Å². The number of amides is 2. The molecule has 0 radical (unpaired) electrons. The number of rotatable bonds is 4. The SMILES string of the molecule is O=C1CCSc2ccc(C(=O)NCCc3ccc4c(c3)OCO4)cc2N1. The van der Waals surface area contributed by atoms with Crippen LogP contribution in [0, 0.1) is 0 Å². The quantitative estimate of drug-likeness (QED) is 0.865. The van der Waals surface area contributed by atoms with Crippen LogP contribution >= 0.6 is 11.8 Å². The van der Waals surface area contributed by atoms with Gasteiger partial charge in [0.25, 0.3) is 5.91 Å². The fraction of sp³-hybridized carbons (Fsp3) is 0.263. The van der Waals surface area contributed by atoms with Gasteiger partial charge in [-0.25, -0.2) is 0 Å². The Labute approximate surface area is 155 Å². The Kier molecular flexibility index (Phi) is 4.71. The minimum atomic E-state index is -0.156. The monoisotopic (exact) mass is 370 g/mol. The Morgan fingerprint density at radius 1 is 1.15 bits per heavy atom. The van der Waals surface area contributed by atoms with Gasteiger partial charge in [-0.15, -0.1) is 11.8 Å². The molecule has 2 amide bonds. The van der Waals surface area contributed by atoms with Gasteiger partial charge in [-0.1, -0.05) is 6.07 Å². The number of thioether (sulfide) groups is 1. The molecule has 0 aliphatic carbocycles. The van der Waals surface area contributed by atoms with Crippen molar-refractivity contribution < 1.29 is 19.1 Å². The summed E-state index contributed by atoms with van der Waals surface area (Å²) in [5.74, 6) is 2.07. The van der Waals surface area contributed by atoms with E-state index < -0.39 is 0 Å². The van der Waals surface area contributed by atoms with E-state index in [1.807, 2.05) is 24.3 Å². The summed E-state index contributed by atoms with van der Waals surface area (Å²) in [6.45, 7) is 0.763. The molecule has 6 nitrogen and oxygen atoms in total. The number of hydrogen-bond donors (Lipinski definition) is 2. The summed E-state index contributed by atoms with van der Waals surface area (Å²) in [5.41, 5.74) is 2.32. The summed E-state index contributed by atoms with van der Waals surface area (Å²) >= 11 is 1.62. The Balaban J connectivity index is 1.37. The molecule has 4 rings (SSSR count). The number of fused-ring (bicyclic) bond motifs is 2. The lowest BCUT2D eigenvalue weighted by Crippen LogP contribution is -2.25. The smallest absolute Gasteiger partial charge is 0.251 e. The summed E-state index contributed by atoms with van der Waals surface area (Å²) in [6.07, 6.45) is 1.18. The topological polar surface area (TPSA) is 76.7 Å². The largest absolute Gasteiger partial charge is 0.454 e. The highest BCUT2D eigenvalue weighted by molar-refractivity contribution is 7.99. The number of carbonyl (C=O) groups is 2. The van der Waals surface area contributed by atoms with E-state index in [0.717, 1.165) is 27.7 Å². The molecule has 2 aromatic rings. The third-order valence-electron chi connectivity index (χ3n) is 4.24. The van der Waals surface area contributed by atoms with E-state index in [1.165, 1.54) is 0 Å². The number of carbonyl (C=O) groups excluding carboxylic acids is 2. The molecule has 2 aliphatic heterocycles. The molecule has 0 saturated heterocycles. The summed E-state index contributed by atoms with van der Waals surface area (Å²) in [7, 11) is 0. The molecule has 2 aliphatic rings. The number of anilines is 1. The van der Waals surface area contributed by atoms with Crippen LogP contribution in [0.3, 0.4) is 0 Å². The predicted octanol–water partition coefficient (Wildman–Crippen LogP) is 2.82. The first kappa shape index (κ1) is 16.8. The van der Waals surface area contributed by atoms with Crippen molar-refractivity contribution in [2.24, 2.45) is 0 Å². The molecule has 26 heavy (non-hydrogen) atoms. The van der Waals surface area contributed by atoms with Crippen molar-refractivity contribution in [1.29, 1.82) is 0 Å². The molecule has 0 unspecified atom stereocenters. The molecular weight excluding hydrogens is 352 g/mol. The first-order valence-electron chi connectivity index (χ1n) is 8.42. The third kappa shape index (κ3) is 3.62. The zero-order valence-corrected chi connectivity index (χ0v) is 14.9. The van der Waals surface area contributed by atoms with Crippen LogP contribution < -0.4 is 20.1 Å². The van der Waals surface area contributed by atoms with Crippen molar-refractivity contribution in [2.75, 3.05) is 24.4 Å². The Bertz CT molecular complexity index is 869. The molecule has 0 spiro atoms. The van der Waals surface area contributed by atoms with Crippen molar-refractivity contribution in [2.45, 2.75) is 17.7 Å². The van der Waals surface area contributed by atoms with Gasteiger partial charge >= 0.3 is 0 Å². The maximum Gasteiger partial charge on any atom is 0.251 e. The van der Waals surface area contributed by atoms with Gasteiger partial charge in [0.05, 0.1) is 5.69 Å². The van der Waals surface area contributed by atoms with Crippen LogP contribution in [0.15, 0.2) is 41.3 Å². The van der Waals surface area contributed by atoms with E-state index in [0.29, 0.717) is 30.6 Å². The minimum absolute atomic E-state index is 0.0170. The molecule has 2 heterocycles. The number of ether oxygens (including phenoxy) is 2. The molecule has 0 aromatic heterocycles. The summed E-state index contributed by atoms with van der Waals surface area (Å²) in [4.78, 5) is 25.1. The summed E-state index contributed by atoms with van der Waals surface area (Å²) in [5, 5.41) is 5.78. The van der Waals surface area contributed by atoms with Crippen molar-refractivity contribution in [3.8, 4) is 11.5 Å². The lowest BCUT2D eigenvalue weighted by atomic mass is 10.1. The van der Waals surface area contributed by atoms with Crippen molar-refractivity contribution in [3.05, 3.63) is 47.5 Å². The maximum atomic E-state index is 12.4. The standard InChI is InChI=1S/C19H18N2O4S/c22-18-6-8-26-17-4-2-13(10-14(17)21-18)19(23)20-7-5-12-1-3-15-16(9-12)25-11-24-15/h1-4,9-10H,5-8,11H2,(H,20,23)(H,21,22). The van der Waals surface area contributed by atoms with E-state index in [2.05, 4.69) is 10.6 Å². The first-order chi connectivity index (χ1) is 12.7. The van der Waals surface area contributed by atoms with E-state index in [4.69, 9.17) is 9.47 Å². The lowest BCUT2D eigenvalue weighted by Gasteiger charge is -2.10. The fourth-order valence-electron chi connectivity index (χ4n) is 2.88. The van der Waals surface area contributed by atoms with Gasteiger partial charge in [-0.3, -0.25) is 9.59 Å². The predicted molar refractivity (Wildman–Crippen MR) is 99.0 cm³/mol. The van der Waals surface area contributed by atoms with Crippen LogP contribution in [0.4, 0.5) is 5.69 Å². The van der Waals surface area contributed by atoms with Gasteiger partial charge in [0, 0.05) is 29.2 Å². The second kappa shape index (κ2) is 7.29. The molecule has 0 fully saturated rings. The van der Waals surface area contributed by atoms with E-state index in [-0.39, 0.29) is 18.6 Å². The molecule has 2 N–H and O–H groups in total. The van der Waals surface area contributed by atoms with Gasteiger partial charge in [-0.2, -0.15) is 0 Å². The van der Waals surface area contributed by atoms with Gasteiger partial charge in [0.15, 0.2) is 11.5 Å². The van der Waals surface area contributed by atoms with E-state index in [1.54, 1.807) is 23.9 Å². The zero-order chi connectivity index (χ0) is 17.9. The average Bonchev–Trinajstić information content (AvgIpc) is 3.02. The van der Waals surface area contributed by atoms with Crippen molar-refractivity contribution in [3.63, 3.8) is 0 Å². The summed E-state index contributed by atoms with van der Waals surface area (Å²) < 4.78 is 10.7. The molecule has 134 valence electrons. The molecule has 0 bridgehead atoms. The van der Waals surface area contributed by atoms with E-state index >= 15 is 0 Å². The van der Waals surface area contributed by atoms with Crippen LogP contribution in [-0.4, -0.2) is 30.9 Å². The average molecular weight is 370 g/mol. The normalized spacial score (nSPS) is 15.0. The highest BCUT2D eigenvalue weighted by Crippen LogP contribution is 2.33. The van der Waals surface area contributed by atoms with Crippen molar-refractivity contribution >= 4 is 29.3 Å². The zero-order valence-electron chi connectivity index (χ0n) is 14.0. The van der Waals surface area contributed by atoms with Crippen LogP contribution in [0.5, 0.6) is 11.5 Å². The fourth-order valence-corrected chi connectivity index (χ4v) is 3.82.